The predicted molar refractivity (Wildman–Crippen MR) is 125 cm³/mol. The Morgan fingerprint density at radius 1 is 1.03 bits per heavy atom. The number of carbonyl (C=O) groups is 1. The fraction of sp³-hybridized carbons (Fsp3) is 0.333. The number of hydrogen-bond acceptors (Lipinski definition) is 5. The van der Waals surface area contributed by atoms with Gasteiger partial charge in [-0.15, -0.1) is 11.3 Å². The summed E-state index contributed by atoms with van der Waals surface area (Å²) < 4.78 is 18.5. The molecule has 3 aromatic rings. The quantitative estimate of drug-likeness (QED) is 0.426. The molecule has 0 saturated carbocycles. The van der Waals surface area contributed by atoms with Crippen LogP contribution >= 0.6 is 11.3 Å². The first-order chi connectivity index (χ1) is 15.0. The zero-order chi connectivity index (χ0) is 22.2. The van der Waals surface area contributed by atoms with Gasteiger partial charge in [-0.3, -0.25) is 9.69 Å². The molecule has 0 unspecified atom stereocenters. The highest BCUT2D eigenvalue weighted by molar-refractivity contribution is 7.14. The van der Waals surface area contributed by atoms with Crippen LogP contribution in [0.25, 0.3) is 11.3 Å². The van der Waals surface area contributed by atoms with E-state index in [-0.39, 0.29) is 11.7 Å². The monoisotopic (exact) mass is 441 g/mol. The van der Waals surface area contributed by atoms with E-state index in [4.69, 9.17) is 9.72 Å². The van der Waals surface area contributed by atoms with E-state index in [1.165, 1.54) is 23.5 Å². The zero-order valence-electron chi connectivity index (χ0n) is 18.2. The van der Waals surface area contributed by atoms with Gasteiger partial charge in [0.1, 0.15) is 11.6 Å². The van der Waals surface area contributed by atoms with Crippen LogP contribution in [0.4, 0.5) is 9.52 Å². The summed E-state index contributed by atoms with van der Waals surface area (Å²) >= 11 is 1.42. The second-order valence-corrected chi connectivity index (χ2v) is 7.92. The number of hydrogen-bond donors (Lipinski definition) is 0. The van der Waals surface area contributed by atoms with Crippen LogP contribution in [0.5, 0.6) is 5.75 Å². The molecule has 0 aliphatic rings. The molecule has 1 heterocycles. The summed E-state index contributed by atoms with van der Waals surface area (Å²) in [5, 5.41) is 2.54. The van der Waals surface area contributed by atoms with Gasteiger partial charge in [0, 0.05) is 23.1 Å². The van der Waals surface area contributed by atoms with Crippen molar-refractivity contribution in [3.63, 3.8) is 0 Å². The summed E-state index contributed by atoms with van der Waals surface area (Å²) in [6.07, 6.45) is 0.842. The van der Waals surface area contributed by atoms with E-state index >= 15 is 0 Å². The van der Waals surface area contributed by atoms with Crippen LogP contribution in [0, 0.1) is 5.82 Å². The van der Waals surface area contributed by atoms with Crippen LogP contribution in [0.1, 0.15) is 30.6 Å². The first kappa shape index (κ1) is 22.9. The van der Waals surface area contributed by atoms with E-state index in [9.17, 15) is 9.18 Å². The highest BCUT2D eigenvalue weighted by Crippen LogP contribution is 2.29. The minimum absolute atomic E-state index is 0.0952. The van der Waals surface area contributed by atoms with Gasteiger partial charge in [-0.2, -0.15) is 0 Å². The molecule has 0 spiro atoms. The number of nitrogens with zero attached hydrogens (tertiary/aromatic N) is 3. The SMILES string of the molecule is CCN(CC)CCCN(C(=O)c1ccc(OC)cc1)c1nc(-c2ccc(F)cc2)cs1. The first-order valence-electron chi connectivity index (χ1n) is 10.5. The Labute approximate surface area is 187 Å². The maximum Gasteiger partial charge on any atom is 0.260 e. The number of anilines is 1. The molecule has 7 heteroatoms. The van der Waals surface area contributed by atoms with Crippen molar-refractivity contribution >= 4 is 22.4 Å². The van der Waals surface area contributed by atoms with Crippen LogP contribution in [0.3, 0.4) is 0 Å². The number of halogens is 1. The normalized spacial score (nSPS) is 11.0. The molecule has 2 aromatic carbocycles. The largest absolute Gasteiger partial charge is 0.497 e. The van der Waals surface area contributed by atoms with Crippen molar-refractivity contribution in [1.82, 2.24) is 9.88 Å². The van der Waals surface area contributed by atoms with Gasteiger partial charge < -0.3 is 9.64 Å². The number of carbonyl (C=O) groups excluding carboxylic acids is 1. The Hall–Kier alpha value is -2.77. The molecular formula is C24H28FN3O2S. The molecule has 5 nitrogen and oxygen atoms in total. The lowest BCUT2D eigenvalue weighted by Gasteiger charge is -2.23. The maximum atomic E-state index is 13.3. The Balaban J connectivity index is 1.84. The van der Waals surface area contributed by atoms with Crippen LogP contribution in [-0.4, -0.2) is 49.1 Å². The van der Waals surface area contributed by atoms with E-state index < -0.39 is 0 Å². The van der Waals surface area contributed by atoms with Crippen molar-refractivity contribution in [2.45, 2.75) is 20.3 Å². The molecule has 0 N–H and O–H groups in total. The van der Waals surface area contributed by atoms with Gasteiger partial charge in [0.2, 0.25) is 0 Å². The number of rotatable bonds is 10. The fourth-order valence-electron chi connectivity index (χ4n) is 3.31. The minimum atomic E-state index is -0.285. The highest BCUT2D eigenvalue weighted by Gasteiger charge is 2.21. The number of benzene rings is 2. The minimum Gasteiger partial charge on any atom is -0.497 e. The van der Waals surface area contributed by atoms with Gasteiger partial charge in [0.25, 0.3) is 5.91 Å². The molecule has 1 aromatic heterocycles. The van der Waals surface area contributed by atoms with Crippen LogP contribution < -0.4 is 9.64 Å². The molecule has 0 fully saturated rings. The standard InChI is InChI=1S/C24H28FN3O2S/c1-4-27(5-2)15-6-16-28(23(29)19-9-13-21(30-3)14-10-19)24-26-22(17-31-24)18-7-11-20(25)12-8-18/h7-14,17H,4-6,15-16H2,1-3H3. The molecule has 0 atom stereocenters. The summed E-state index contributed by atoms with van der Waals surface area (Å²) in [6, 6.07) is 13.3. The van der Waals surface area contributed by atoms with Crippen LogP contribution in [0.15, 0.2) is 53.9 Å². The van der Waals surface area contributed by atoms with Crippen LogP contribution in [-0.2, 0) is 0 Å². The summed E-state index contributed by atoms with van der Waals surface area (Å²) in [5.41, 5.74) is 2.14. The molecular weight excluding hydrogens is 413 g/mol. The number of aromatic nitrogens is 1. The second kappa shape index (κ2) is 11.0. The lowest BCUT2D eigenvalue weighted by molar-refractivity contribution is 0.0985. The second-order valence-electron chi connectivity index (χ2n) is 7.09. The number of methoxy groups -OCH3 is 1. The van der Waals surface area contributed by atoms with Crippen molar-refractivity contribution in [3.8, 4) is 17.0 Å². The molecule has 0 bridgehead atoms. The smallest absolute Gasteiger partial charge is 0.260 e. The highest BCUT2D eigenvalue weighted by atomic mass is 32.1. The third-order valence-electron chi connectivity index (χ3n) is 5.20. The number of thiazole rings is 1. The van der Waals surface area contributed by atoms with Crippen molar-refractivity contribution in [3.05, 3.63) is 65.3 Å². The number of amides is 1. The average molecular weight is 442 g/mol. The Morgan fingerprint density at radius 2 is 1.71 bits per heavy atom. The van der Waals surface area contributed by atoms with E-state index in [1.54, 1.807) is 48.4 Å². The number of ether oxygens (including phenoxy) is 1. The maximum absolute atomic E-state index is 13.3. The van der Waals surface area contributed by atoms with Crippen LogP contribution in [0.2, 0.25) is 0 Å². The summed E-state index contributed by atoms with van der Waals surface area (Å²) in [6.45, 7) is 7.72. The van der Waals surface area contributed by atoms with E-state index in [1.807, 2.05) is 5.38 Å². The molecule has 164 valence electrons. The topological polar surface area (TPSA) is 45.7 Å². The fourth-order valence-corrected chi connectivity index (χ4v) is 4.17. The Bertz CT molecular complexity index is 969. The molecule has 0 radical (unpaired) electrons. The Morgan fingerprint density at radius 3 is 2.32 bits per heavy atom. The van der Waals surface area contributed by atoms with Crippen molar-refractivity contribution in [2.75, 3.05) is 38.2 Å². The lowest BCUT2D eigenvalue weighted by Crippen LogP contribution is -2.34. The van der Waals surface area contributed by atoms with E-state index in [0.29, 0.717) is 23.0 Å². The molecule has 31 heavy (non-hydrogen) atoms. The molecule has 0 saturated heterocycles. The van der Waals surface area contributed by atoms with E-state index in [0.717, 1.165) is 37.3 Å². The van der Waals surface area contributed by atoms with Gasteiger partial charge in [-0.05, 0) is 74.6 Å². The van der Waals surface area contributed by atoms with Gasteiger partial charge in [0.05, 0.1) is 12.8 Å². The predicted octanol–water partition coefficient (Wildman–Crippen LogP) is 5.34. The average Bonchev–Trinajstić information content (AvgIpc) is 3.29. The van der Waals surface area contributed by atoms with E-state index in [2.05, 4.69) is 18.7 Å². The van der Waals surface area contributed by atoms with Gasteiger partial charge in [-0.25, -0.2) is 9.37 Å². The molecule has 0 aliphatic carbocycles. The molecule has 1 amide bonds. The third-order valence-corrected chi connectivity index (χ3v) is 6.06. The third kappa shape index (κ3) is 5.89. The zero-order valence-corrected chi connectivity index (χ0v) is 19.0. The first-order valence-corrected chi connectivity index (χ1v) is 11.3. The summed E-state index contributed by atoms with van der Waals surface area (Å²) in [4.78, 5) is 22.1. The molecule has 0 aliphatic heterocycles. The van der Waals surface area contributed by atoms with Crippen molar-refractivity contribution in [1.29, 1.82) is 0 Å². The molecule has 3 rings (SSSR count). The van der Waals surface area contributed by atoms with Gasteiger partial charge in [0.15, 0.2) is 5.13 Å². The Kier molecular flexibility index (Phi) is 8.14. The van der Waals surface area contributed by atoms with Gasteiger partial charge in [-0.1, -0.05) is 13.8 Å². The summed E-state index contributed by atoms with van der Waals surface area (Å²) in [7, 11) is 1.60. The lowest BCUT2D eigenvalue weighted by atomic mass is 10.2. The van der Waals surface area contributed by atoms with Crippen molar-refractivity contribution < 1.29 is 13.9 Å². The van der Waals surface area contributed by atoms with Crippen molar-refractivity contribution in [2.24, 2.45) is 0 Å². The summed E-state index contributed by atoms with van der Waals surface area (Å²) in [5.74, 6) is 0.326. The van der Waals surface area contributed by atoms with Gasteiger partial charge >= 0.3 is 0 Å².